The lowest BCUT2D eigenvalue weighted by Gasteiger charge is -2.32. The molecule has 3 aromatic heterocycles. The highest BCUT2D eigenvalue weighted by Gasteiger charge is 2.36. The Balaban J connectivity index is 1.40. The summed E-state index contributed by atoms with van der Waals surface area (Å²) in [6.45, 7) is 4.42. The maximum absolute atomic E-state index is 13.5. The maximum atomic E-state index is 13.5. The molecule has 0 spiro atoms. The van der Waals surface area contributed by atoms with Gasteiger partial charge in [0.15, 0.2) is 11.6 Å². The number of hydrogen-bond acceptors (Lipinski definition) is 5. The molecule has 2 aliphatic heterocycles. The first-order chi connectivity index (χ1) is 19.9. The molecule has 0 unspecified atom stereocenters. The number of carbonyl (C=O) groups excluding carboxylic acids is 4. The number of nitrogens with zero attached hydrogens (tertiary/aromatic N) is 5. The van der Waals surface area contributed by atoms with Gasteiger partial charge >= 0.3 is 6.03 Å². The molecule has 208 valence electrons. The maximum Gasteiger partial charge on any atom is 0.320 e. The number of imidazole rings is 1. The number of benzene rings is 1. The highest BCUT2D eigenvalue weighted by atomic mass is 16.2. The molecule has 1 fully saturated rings. The van der Waals surface area contributed by atoms with Crippen LogP contribution in [-0.4, -0.2) is 66.9 Å². The lowest BCUT2D eigenvalue weighted by molar-refractivity contribution is -0.120. The minimum Gasteiger partial charge on any atom is -0.345 e. The summed E-state index contributed by atoms with van der Waals surface area (Å²) in [7, 11) is 0. The largest absolute Gasteiger partial charge is 0.345 e. The summed E-state index contributed by atoms with van der Waals surface area (Å²) in [6.07, 6.45) is 8.38. The molecule has 1 aliphatic carbocycles. The molecule has 0 bridgehead atoms. The van der Waals surface area contributed by atoms with E-state index >= 15 is 0 Å². The third-order valence-electron chi connectivity index (χ3n) is 8.31. The molecule has 0 radical (unpaired) electrons. The molecular formula is C31H30N6O4. The second-order valence-corrected chi connectivity index (χ2v) is 11.0. The van der Waals surface area contributed by atoms with E-state index in [-0.39, 0.29) is 29.9 Å². The Morgan fingerprint density at radius 3 is 2.54 bits per heavy atom. The molecule has 1 N–H and O–H groups in total. The van der Waals surface area contributed by atoms with E-state index in [1.807, 2.05) is 56.9 Å². The van der Waals surface area contributed by atoms with Gasteiger partial charge in [-0.25, -0.2) is 9.78 Å². The third-order valence-corrected chi connectivity index (χ3v) is 8.31. The van der Waals surface area contributed by atoms with Gasteiger partial charge in [0, 0.05) is 74.3 Å². The van der Waals surface area contributed by atoms with E-state index < -0.39 is 0 Å². The molecule has 5 heterocycles. The lowest BCUT2D eigenvalue weighted by Crippen LogP contribution is -2.45. The van der Waals surface area contributed by atoms with Gasteiger partial charge in [-0.05, 0) is 49.1 Å². The molecule has 10 heteroatoms. The Bertz CT molecular complexity index is 1810. The van der Waals surface area contributed by atoms with Crippen molar-refractivity contribution in [3.63, 3.8) is 0 Å². The number of hydrogen-bond donors (Lipinski definition) is 1. The summed E-state index contributed by atoms with van der Waals surface area (Å²) in [5.41, 5.74) is 5.02. The van der Waals surface area contributed by atoms with Crippen LogP contribution in [0.1, 0.15) is 49.4 Å². The first-order valence-electron chi connectivity index (χ1n) is 14.1. The Kier molecular flexibility index (Phi) is 5.99. The monoisotopic (exact) mass is 550 g/mol. The molecule has 7 rings (SSSR count). The van der Waals surface area contributed by atoms with Crippen molar-refractivity contribution in [2.24, 2.45) is 0 Å². The van der Waals surface area contributed by atoms with Crippen molar-refractivity contribution in [3.8, 4) is 0 Å². The number of anilines is 1. The van der Waals surface area contributed by atoms with E-state index in [0.717, 1.165) is 48.8 Å². The van der Waals surface area contributed by atoms with Crippen molar-refractivity contribution < 1.29 is 19.2 Å². The highest BCUT2D eigenvalue weighted by Crippen LogP contribution is 2.41. The number of Topliss-reactive ketones (excluding diaryl/α,β-unsaturated/α-hetero) is 2. The van der Waals surface area contributed by atoms with Gasteiger partial charge in [0.2, 0.25) is 5.91 Å². The van der Waals surface area contributed by atoms with Crippen molar-refractivity contribution in [1.29, 1.82) is 0 Å². The van der Waals surface area contributed by atoms with E-state index in [0.29, 0.717) is 53.4 Å². The third kappa shape index (κ3) is 4.21. The fraction of sp³-hybridized carbons (Fsp3) is 0.323. The van der Waals surface area contributed by atoms with Crippen molar-refractivity contribution >= 4 is 56.9 Å². The van der Waals surface area contributed by atoms with Crippen molar-refractivity contribution in [3.05, 3.63) is 65.7 Å². The van der Waals surface area contributed by atoms with Gasteiger partial charge in [-0.2, -0.15) is 0 Å². The van der Waals surface area contributed by atoms with Crippen LogP contribution >= 0.6 is 0 Å². The van der Waals surface area contributed by atoms with Crippen LogP contribution in [0.25, 0.3) is 27.7 Å². The van der Waals surface area contributed by atoms with E-state index in [4.69, 9.17) is 0 Å². The first-order valence-corrected chi connectivity index (χ1v) is 14.1. The van der Waals surface area contributed by atoms with Crippen molar-refractivity contribution in [1.82, 2.24) is 23.8 Å². The lowest BCUT2D eigenvalue weighted by atomic mass is 9.97. The van der Waals surface area contributed by atoms with Crippen LogP contribution in [0.3, 0.4) is 0 Å². The van der Waals surface area contributed by atoms with Gasteiger partial charge in [0.25, 0.3) is 0 Å². The highest BCUT2D eigenvalue weighted by molar-refractivity contribution is 6.51. The Labute approximate surface area is 236 Å². The van der Waals surface area contributed by atoms with Crippen molar-refractivity contribution in [2.75, 3.05) is 25.0 Å². The SMILES string of the molecule is CC(=O)Nc1cc2c3c(c1)c(C1=C(c4cnc5ccccn45)C(=O)CC1=O)cn3CCN(C(=O)N1CCCCC1)C2. The topological polar surface area (TPSA) is 109 Å². The second kappa shape index (κ2) is 9.72. The van der Waals surface area contributed by atoms with Crippen LogP contribution in [0.2, 0.25) is 0 Å². The number of allylic oxidation sites excluding steroid dienone is 2. The number of likely N-dealkylation sites (tertiary alicyclic amines) is 1. The smallest absolute Gasteiger partial charge is 0.320 e. The Morgan fingerprint density at radius 2 is 1.73 bits per heavy atom. The van der Waals surface area contributed by atoms with E-state index in [9.17, 15) is 19.2 Å². The standard InChI is InChI=1S/C31H30N6O4/c1-19(38)33-21-13-20-17-36(31(41)34-8-4-2-5-9-34)12-11-35-18-23(22(14-21)30(20)35)28-25(39)15-26(40)29(28)24-16-32-27-7-3-6-10-37(24)27/h3,6-7,10,13-14,16,18H,2,4-5,8-9,11-12,15,17H2,1H3,(H,33,38). The number of aromatic nitrogens is 3. The number of fused-ring (bicyclic) bond motifs is 1. The Morgan fingerprint density at radius 1 is 0.927 bits per heavy atom. The summed E-state index contributed by atoms with van der Waals surface area (Å²) in [4.78, 5) is 60.6. The predicted octanol–water partition coefficient (Wildman–Crippen LogP) is 4.12. The summed E-state index contributed by atoms with van der Waals surface area (Å²) >= 11 is 0. The summed E-state index contributed by atoms with van der Waals surface area (Å²) in [5.74, 6) is -0.689. The molecule has 10 nitrogen and oxygen atoms in total. The number of carbonyl (C=O) groups is 4. The Hall–Kier alpha value is -4.73. The molecule has 1 aromatic carbocycles. The van der Waals surface area contributed by atoms with Crippen LogP contribution in [0, 0.1) is 0 Å². The molecule has 0 saturated carbocycles. The molecular weight excluding hydrogens is 520 g/mol. The number of urea groups is 1. The zero-order valence-corrected chi connectivity index (χ0v) is 22.9. The molecule has 1 saturated heterocycles. The van der Waals surface area contributed by atoms with E-state index in [1.165, 1.54) is 6.92 Å². The number of rotatable bonds is 3. The quantitative estimate of drug-likeness (QED) is 0.386. The van der Waals surface area contributed by atoms with Gasteiger partial charge in [0.1, 0.15) is 5.65 Å². The van der Waals surface area contributed by atoms with E-state index in [1.54, 1.807) is 6.20 Å². The molecule has 3 amide bonds. The van der Waals surface area contributed by atoms with E-state index in [2.05, 4.69) is 14.9 Å². The van der Waals surface area contributed by atoms with Crippen LogP contribution in [0.15, 0.2) is 48.9 Å². The van der Waals surface area contributed by atoms with Gasteiger partial charge < -0.3 is 19.7 Å². The van der Waals surface area contributed by atoms with Gasteiger partial charge in [0.05, 0.1) is 29.4 Å². The molecule has 0 atom stereocenters. The molecule has 41 heavy (non-hydrogen) atoms. The number of pyridine rings is 1. The fourth-order valence-corrected chi connectivity index (χ4v) is 6.54. The normalized spacial score (nSPS) is 17.6. The summed E-state index contributed by atoms with van der Waals surface area (Å²) in [6, 6.07) is 9.39. The predicted molar refractivity (Wildman–Crippen MR) is 154 cm³/mol. The minimum atomic E-state index is -0.236. The van der Waals surface area contributed by atoms with Gasteiger partial charge in [-0.1, -0.05) is 6.07 Å². The second-order valence-electron chi connectivity index (χ2n) is 11.0. The fourth-order valence-electron chi connectivity index (χ4n) is 6.54. The molecule has 3 aliphatic rings. The van der Waals surface area contributed by atoms with Crippen LogP contribution in [0.5, 0.6) is 0 Å². The van der Waals surface area contributed by atoms with Gasteiger partial charge in [-0.3, -0.25) is 18.8 Å². The summed E-state index contributed by atoms with van der Waals surface area (Å²) < 4.78 is 3.91. The van der Waals surface area contributed by atoms with Gasteiger partial charge in [-0.15, -0.1) is 0 Å². The zero-order chi connectivity index (χ0) is 28.2. The number of piperidine rings is 1. The summed E-state index contributed by atoms with van der Waals surface area (Å²) in [5, 5.41) is 3.66. The van der Waals surface area contributed by atoms with Crippen LogP contribution < -0.4 is 5.32 Å². The van der Waals surface area contributed by atoms with Crippen molar-refractivity contribution in [2.45, 2.75) is 45.7 Å². The number of amides is 3. The zero-order valence-electron chi connectivity index (χ0n) is 22.9. The average molecular weight is 551 g/mol. The average Bonchev–Trinajstić information content (AvgIpc) is 3.58. The number of ketones is 2. The first kappa shape index (κ1) is 25.3. The minimum absolute atomic E-state index is 0.0305. The van der Waals surface area contributed by atoms with Crippen LogP contribution in [-0.2, 0) is 27.5 Å². The van der Waals surface area contributed by atoms with Crippen LogP contribution in [0.4, 0.5) is 10.5 Å². The number of nitrogens with one attached hydrogen (secondary N) is 1. The molecule has 4 aromatic rings.